The van der Waals surface area contributed by atoms with Crippen LogP contribution in [0.1, 0.15) is 44.6 Å². The highest BCUT2D eigenvalue weighted by Crippen LogP contribution is 2.35. The van der Waals surface area contributed by atoms with Crippen LogP contribution in [-0.2, 0) is 26.2 Å². The Morgan fingerprint density at radius 2 is 1.72 bits per heavy atom. The zero-order valence-corrected chi connectivity index (χ0v) is 24.3. The number of amides is 2. The Balaban J connectivity index is 1.61. The molecule has 0 saturated heterocycles. The van der Waals surface area contributed by atoms with E-state index in [1.54, 1.807) is 37.3 Å². The molecule has 212 valence electrons. The van der Waals surface area contributed by atoms with Gasteiger partial charge in [0.05, 0.1) is 11.9 Å². The van der Waals surface area contributed by atoms with E-state index in [1.165, 1.54) is 11.0 Å². The highest BCUT2D eigenvalue weighted by Gasteiger charge is 2.32. The van der Waals surface area contributed by atoms with Gasteiger partial charge in [0, 0.05) is 28.7 Å². The van der Waals surface area contributed by atoms with E-state index in [-0.39, 0.29) is 24.2 Å². The molecule has 0 aromatic heterocycles. The van der Waals surface area contributed by atoms with Gasteiger partial charge in [0.1, 0.15) is 25.8 Å². The Labute approximate surface area is 239 Å². The molecule has 0 radical (unpaired) electrons. The summed E-state index contributed by atoms with van der Waals surface area (Å²) < 4.78 is 37.8. The Morgan fingerprint density at radius 1 is 1.03 bits per heavy atom. The molecule has 4 rings (SSSR count). The van der Waals surface area contributed by atoms with Gasteiger partial charge in [-0.15, -0.1) is 0 Å². The van der Waals surface area contributed by atoms with Gasteiger partial charge in [-0.3, -0.25) is 13.9 Å². The van der Waals surface area contributed by atoms with Crippen molar-refractivity contribution in [2.45, 2.75) is 57.7 Å². The molecule has 2 amide bonds. The molecule has 1 heterocycles. The van der Waals surface area contributed by atoms with Crippen LogP contribution in [0.4, 0.5) is 5.69 Å². The lowest BCUT2D eigenvalue weighted by Crippen LogP contribution is -2.53. The number of nitrogens with zero attached hydrogens (tertiary/aromatic N) is 2. The molecule has 0 bridgehead atoms. The molecule has 2 aliphatic rings. The van der Waals surface area contributed by atoms with E-state index in [2.05, 4.69) is 5.32 Å². The smallest absolute Gasteiger partial charge is 0.244 e. The summed E-state index contributed by atoms with van der Waals surface area (Å²) in [7, 11) is -3.88. The third-order valence-corrected chi connectivity index (χ3v) is 8.70. The molecule has 0 spiro atoms. The number of carbonyl (C=O) groups is 2. The quantitative estimate of drug-likeness (QED) is 0.459. The molecule has 2 aromatic carbocycles. The molecule has 1 aliphatic heterocycles. The molecule has 1 atom stereocenters. The Hall–Kier alpha value is -2.69. The van der Waals surface area contributed by atoms with Gasteiger partial charge in [-0.25, -0.2) is 8.42 Å². The molecule has 0 unspecified atom stereocenters. The van der Waals surface area contributed by atoms with Crippen molar-refractivity contribution < 1.29 is 27.5 Å². The second kappa shape index (κ2) is 12.7. The number of nitrogens with one attached hydrogen (secondary N) is 1. The standard InChI is InChI=1S/C27H33Cl2N3O6S/c1-18(27(34)30-21-6-4-3-5-7-21)31(16-19-8-9-20(28)14-23(19)29)26(33)17-32(39(2,35)36)22-10-11-24-25(15-22)38-13-12-37-24/h8-11,14-15,18,21H,3-7,12-13,16-17H2,1-2H3,(H,30,34)/t18-/m0/s1. The fourth-order valence-electron chi connectivity index (χ4n) is 4.79. The maximum Gasteiger partial charge on any atom is 0.244 e. The van der Waals surface area contributed by atoms with Crippen LogP contribution in [0.5, 0.6) is 11.5 Å². The minimum atomic E-state index is -3.88. The summed E-state index contributed by atoms with van der Waals surface area (Å²) in [5, 5.41) is 3.84. The summed E-state index contributed by atoms with van der Waals surface area (Å²) in [5.41, 5.74) is 0.829. The fraction of sp³-hybridized carbons (Fsp3) is 0.481. The van der Waals surface area contributed by atoms with Gasteiger partial charge >= 0.3 is 0 Å². The average molecular weight is 599 g/mol. The molecule has 1 N–H and O–H groups in total. The molecule has 1 fully saturated rings. The lowest BCUT2D eigenvalue weighted by molar-refractivity contribution is -0.139. The first kappa shape index (κ1) is 29.3. The van der Waals surface area contributed by atoms with Gasteiger partial charge in [-0.1, -0.05) is 48.5 Å². The Kier molecular flexibility index (Phi) is 9.51. The van der Waals surface area contributed by atoms with Crippen LogP contribution in [0.15, 0.2) is 36.4 Å². The van der Waals surface area contributed by atoms with Crippen molar-refractivity contribution in [3.8, 4) is 11.5 Å². The number of carbonyl (C=O) groups excluding carboxylic acids is 2. The lowest BCUT2D eigenvalue weighted by atomic mass is 9.95. The summed E-state index contributed by atoms with van der Waals surface area (Å²) in [6.07, 6.45) is 6.03. The number of hydrogen-bond acceptors (Lipinski definition) is 6. The van der Waals surface area contributed by atoms with Crippen molar-refractivity contribution >= 4 is 50.7 Å². The van der Waals surface area contributed by atoms with Crippen LogP contribution in [0.2, 0.25) is 10.0 Å². The zero-order valence-electron chi connectivity index (χ0n) is 22.0. The summed E-state index contributed by atoms with van der Waals surface area (Å²) in [5.74, 6) is 0.0277. The zero-order chi connectivity index (χ0) is 28.2. The SMILES string of the molecule is C[C@@H](C(=O)NC1CCCCC1)N(Cc1ccc(Cl)cc1Cl)C(=O)CN(c1ccc2c(c1)OCCO2)S(C)(=O)=O. The van der Waals surface area contributed by atoms with Crippen LogP contribution in [0.25, 0.3) is 0 Å². The molecule has 2 aromatic rings. The van der Waals surface area contributed by atoms with Crippen LogP contribution in [0.3, 0.4) is 0 Å². The van der Waals surface area contributed by atoms with Crippen LogP contribution >= 0.6 is 23.2 Å². The highest BCUT2D eigenvalue weighted by atomic mass is 35.5. The number of rotatable bonds is 9. The Morgan fingerprint density at radius 3 is 2.38 bits per heavy atom. The van der Waals surface area contributed by atoms with E-state index in [4.69, 9.17) is 32.7 Å². The van der Waals surface area contributed by atoms with E-state index in [0.29, 0.717) is 40.3 Å². The number of sulfonamides is 1. The van der Waals surface area contributed by atoms with E-state index in [0.717, 1.165) is 42.7 Å². The number of benzene rings is 2. The minimum absolute atomic E-state index is 0.00711. The van der Waals surface area contributed by atoms with Crippen molar-refractivity contribution in [1.82, 2.24) is 10.2 Å². The molecular formula is C27H33Cl2N3O6S. The monoisotopic (exact) mass is 597 g/mol. The molecule has 1 aliphatic carbocycles. The topological polar surface area (TPSA) is 105 Å². The van der Waals surface area contributed by atoms with Crippen molar-refractivity contribution in [3.63, 3.8) is 0 Å². The first-order valence-electron chi connectivity index (χ1n) is 12.9. The van der Waals surface area contributed by atoms with Gasteiger partial charge in [0.25, 0.3) is 0 Å². The number of hydrogen-bond donors (Lipinski definition) is 1. The third-order valence-electron chi connectivity index (χ3n) is 6.97. The molecule has 9 nitrogen and oxygen atoms in total. The minimum Gasteiger partial charge on any atom is -0.486 e. The number of fused-ring (bicyclic) bond motifs is 1. The van der Waals surface area contributed by atoms with Crippen LogP contribution < -0.4 is 19.1 Å². The second-order valence-corrected chi connectivity index (χ2v) is 12.6. The molecule has 12 heteroatoms. The summed E-state index contributed by atoms with van der Waals surface area (Å²) in [4.78, 5) is 28.4. The van der Waals surface area contributed by atoms with Gasteiger partial charge in [-0.2, -0.15) is 0 Å². The summed E-state index contributed by atoms with van der Waals surface area (Å²) in [6.45, 7) is 1.83. The second-order valence-electron chi connectivity index (χ2n) is 9.87. The molecule has 39 heavy (non-hydrogen) atoms. The Bertz CT molecular complexity index is 1320. The van der Waals surface area contributed by atoms with Gasteiger partial charge in [0.15, 0.2) is 11.5 Å². The van der Waals surface area contributed by atoms with Crippen molar-refractivity contribution in [3.05, 3.63) is 52.0 Å². The van der Waals surface area contributed by atoms with E-state index >= 15 is 0 Å². The van der Waals surface area contributed by atoms with E-state index in [1.807, 2.05) is 0 Å². The first-order valence-corrected chi connectivity index (χ1v) is 15.5. The lowest BCUT2D eigenvalue weighted by Gasteiger charge is -2.33. The van der Waals surface area contributed by atoms with Crippen molar-refractivity contribution in [2.75, 3.05) is 30.3 Å². The normalized spacial score (nSPS) is 16.3. The summed E-state index contributed by atoms with van der Waals surface area (Å²) >= 11 is 12.5. The van der Waals surface area contributed by atoms with Gasteiger partial charge < -0.3 is 19.7 Å². The number of ether oxygens (including phenoxy) is 2. The molecule has 1 saturated carbocycles. The maximum absolute atomic E-state index is 13.8. The van der Waals surface area contributed by atoms with Crippen molar-refractivity contribution in [2.24, 2.45) is 0 Å². The van der Waals surface area contributed by atoms with Crippen LogP contribution in [-0.4, -0.2) is 63.2 Å². The van der Waals surface area contributed by atoms with Gasteiger partial charge in [-0.05, 0) is 49.6 Å². The average Bonchev–Trinajstić information content (AvgIpc) is 2.90. The predicted molar refractivity (Wildman–Crippen MR) is 151 cm³/mol. The molecular weight excluding hydrogens is 565 g/mol. The number of halogens is 2. The first-order chi connectivity index (χ1) is 18.5. The van der Waals surface area contributed by atoms with Gasteiger partial charge in [0.2, 0.25) is 21.8 Å². The maximum atomic E-state index is 13.8. The predicted octanol–water partition coefficient (Wildman–Crippen LogP) is 4.40. The van der Waals surface area contributed by atoms with E-state index < -0.39 is 28.5 Å². The summed E-state index contributed by atoms with van der Waals surface area (Å²) in [6, 6.07) is 8.76. The fourth-order valence-corrected chi connectivity index (χ4v) is 6.10. The largest absolute Gasteiger partial charge is 0.486 e. The third kappa shape index (κ3) is 7.49. The van der Waals surface area contributed by atoms with E-state index in [9.17, 15) is 18.0 Å². The van der Waals surface area contributed by atoms with Crippen molar-refractivity contribution in [1.29, 1.82) is 0 Å². The van der Waals surface area contributed by atoms with Crippen LogP contribution in [0, 0.1) is 0 Å². The highest BCUT2D eigenvalue weighted by molar-refractivity contribution is 7.92. The number of anilines is 1.